The number of carbonyl (C=O) groups is 5. The Bertz CT molecular complexity index is 219. The first-order valence-corrected chi connectivity index (χ1v) is 3.06. The Morgan fingerprint density at radius 3 is 0.391 bits per heavy atom. The number of hydrogen-bond acceptors (Lipinski definition) is 15. The first kappa shape index (κ1) is 49.5. The molecule has 0 aromatic heterocycles. The van der Waals surface area contributed by atoms with E-state index >= 15 is 0 Å². The molecule has 0 aromatic rings. The van der Waals surface area contributed by atoms with E-state index < -0.39 is 30.8 Å². The summed E-state index contributed by atoms with van der Waals surface area (Å²) in [6.45, 7) is 0. The summed E-state index contributed by atoms with van der Waals surface area (Å²) in [7, 11) is 0. The second-order valence-electron chi connectivity index (χ2n) is 1.25. The van der Waals surface area contributed by atoms with Crippen LogP contribution in [-0.2, 0) is 0 Å². The summed E-state index contributed by atoms with van der Waals surface area (Å²) in [6, 6.07) is 0. The topological polar surface area (TPSA) is 316 Å². The maximum absolute atomic E-state index is 8.33. The zero-order valence-corrected chi connectivity index (χ0v) is 19.1. The summed E-state index contributed by atoms with van der Waals surface area (Å²) >= 11 is 0. The van der Waals surface area contributed by atoms with Gasteiger partial charge in [0, 0.05) is 31.1 Å². The Morgan fingerprint density at radius 1 is 0.391 bits per heavy atom. The molecule has 0 atom stereocenters. The van der Waals surface area contributed by atoms with E-state index in [1.165, 1.54) is 0 Å². The first-order chi connectivity index (χ1) is 8.66. The van der Waals surface area contributed by atoms with Crippen LogP contribution in [0.25, 0.3) is 0 Å². The van der Waals surface area contributed by atoms with Gasteiger partial charge in [-0.3, -0.25) is 0 Å². The van der Waals surface area contributed by atoms with Crippen molar-refractivity contribution in [2.45, 2.75) is 0 Å². The van der Waals surface area contributed by atoms with E-state index in [0.717, 1.165) is 0 Å². The molecule has 0 heterocycles. The van der Waals surface area contributed by atoms with Crippen molar-refractivity contribution >= 4 is 43.2 Å². The molecule has 0 N–H and O–H groups in total. The molecule has 0 radical (unpaired) electrons. The van der Waals surface area contributed by atoms with E-state index in [0.29, 0.717) is 0 Å². The summed E-state index contributed by atoms with van der Waals surface area (Å²) in [5, 5.41) is 83.3. The van der Waals surface area contributed by atoms with Crippen LogP contribution in [0.5, 0.6) is 0 Å². The summed E-state index contributed by atoms with van der Waals surface area (Å²) in [4.78, 5) is 41.7. The third-order valence-corrected chi connectivity index (χ3v) is 0. The zero-order chi connectivity index (χ0) is 17.9. The van der Waals surface area contributed by atoms with Crippen LogP contribution in [0.1, 0.15) is 0 Å². The van der Waals surface area contributed by atoms with Crippen LogP contribution < -0.4 is 51.1 Å². The van der Waals surface area contributed by atoms with Crippen molar-refractivity contribution in [2.24, 2.45) is 0 Å². The molecule has 0 bridgehead atoms. The fraction of sp³-hybridized carbons (Fsp3) is 0. The van der Waals surface area contributed by atoms with Gasteiger partial charge in [0.1, 0.15) is 0 Å². The molecule has 0 amide bonds. The molecule has 0 unspecified atom stereocenters. The minimum absolute atomic E-state index is 0. The van der Waals surface area contributed by atoms with E-state index in [9.17, 15) is 0 Å². The van der Waals surface area contributed by atoms with Gasteiger partial charge in [-0.1, -0.05) is 0 Å². The molecular weight excluding hydrogens is 806 g/mol. The minimum atomic E-state index is -2.33. The molecule has 0 fully saturated rings. The Morgan fingerprint density at radius 2 is 0.391 bits per heavy atom. The van der Waals surface area contributed by atoms with Crippen molar-refractivity contribution in [1.82, 2.24) is 0 Å². The average molecular weight is 807 g/mol. The molecule has 0 saturated heterocycles. The van der Waals surface area contributed by atoms with Crippen LogP contribution in [0.15, 0.2) is 0 Å². The minimum Gasteiger partial charge on any atom is -0.652 e. The van der Waals surface area contributed by atoms with Gasteiger partial charge in [0.25, 0.3) is 0 Å². The molecule has 0 rings (SSSR count). The number of rotatable bonds is 0. The van der Waals surface area contributed by atoms with Crippen LogP contribution in [0.2, 0.25) is 0 Å². The van der Waals surface area contributed by atoms with Gasteiger partial charge in [-0.05, 0) is 30.8 Å². The van der Waals surface area contributed by atoms with E-state index in [1.54, 1.807) is 0 Å². The van der Waals surface area contributed by atoms with Crippen molar-refractivity contribution in [3.63, 3.8) is 0 Å². The predicted molar refractivity (Wildman–Crippen MR) is 34.2 cm³/mol. The van der Waals surface area contributed by atoms with Crippen molar-refractivity contribution in [1.29, 1.82) is 0 Å². The maximum atomic E-state index is 8.33. The standard InChI is InChI=1S/5CH2O3.ClH.Th.U/c5*2-1(3)4;;;/h5*(H2,2,3,4);1H;;/q;;;;;;+4;/p-10. The molecular formula is C5HClO15ThU-6. The third kappa shape index (κ3) is 7860. The smallest absolute Gasteiger partial charge is 0.652 e. The van der Waals surface area contributed by atoms with Gasteiger partial charge in [-0.2, -0.15) is 0 Å². The summed E-state index contributed by atoms with van der Waals surface area (Å²) in [5.41, 5.74) is 0. The molecule has 0 aliphatic heterocycles. The molecule has 0 aliphatic carbocycles. The fourth-order valence-corrected chi connectivity index (χ4v) is 0. The summed E-state index contributed by atoms with van der Waals surface area (Å²) in [5.74, 6) is 0. The van der Waals surface area contributed by atoms with E-state index in [-0.39, 0.29) is 83.5 Å². The van der Waals surface area contributed by atoms with Gasteiger partial charge in [0.2, 0.25) is 0 Å². The third-order valence-electron chi connectivity index (χ3n) is 0. The van der Waals surface area contributed by atoms with Crippen molar-refractivity contribution in [3.8, 4) is 0 Å². The van der Waals surface area contributed by atoms with Gasteiger partial charge in [0.05, 0.1) is 0 Å². The molecule has 23 heavy (non-hydrogen) atoms. The number of carbonyl (C=O) groups excluding carboxylic acids is 5. The predicted octanol–water partition coefficient (Wildman–Crippen LogP) is -11.8. The Hall–Kier alpha value is -0.983. The van der Waals surface area contributed by atoms with Gasteiger partial charge in [-0.15, -0.1) is 12.4 Å². The zero-order valence-electron chi connectivity index (χ0n) is 10.0. The molecule has 0 saturated carbocycles. The second kappa shape index (κ2) is 42.9. The van der Waals surface area contributed by atoms with Gasteiger partial charge in [0.15, 0.2) is 0 Å². The summed E-state index contributed by atoms with van der Waals surface area (Å²) in [6.07, 6.45) is -11.7. The van der Waals surface area contributed by atoms with Gasteiger partial charge >= 0.3 is 39.9 Å². The number of halogens is 1. The first-order valence-electron chi connectivity index (χ1n) is 3.06. The average Bonchev–Trinajstić information content (AvgIpc) is 1.94. The molecule has 0 aromatic carbocycles. The van der Waals surface area contributed by atoms with Crippen LogP contribution in [0.3, 0.4) is 0 Å². The monoisotopic (exact) mass is 806 g/mol. The SMILES string of the molecule is Cl.O=C([O-])[O-].O=C([O-])[O-].O=C([O-])[O-].O=C([O-])[O-].O=C([O-])[O-].[Th+4].[U]. The molecule has 0 spiro atoms. The van der Waals surface area contributed by atoms with E-state index in [2.05, 4.69) is 0 Å². The maximum Gasteiger partial charge on any atom is 4.00 e. The van der Waals surface area contributed by atoms with Gasteiger partial charge < -0.3 is 75.0 Å². The largest absolute Gasteiger partial charge is 4.00 e. The van der Waals surface area contributed by atoms with Crippen LogP contribution in [-0.4, -0.2) is 30.8 Å². The quantitative estimate of drug-likeness (QED) is 0.219. The van der Waals surface area contributed by atoms with Crippen LogP contribution in [0.4, 0.5) is 24.0 Å². The Labute approximate surface area is 187 Å². The number of carboxylic acid groups (broad SMARTS) is 10. The van der Waals surface area contributed by atoms with Crippen molar-refractivity contribution in [2.75, 3.05) is 0 Å². The second-order valence-corrected chi connectivity index (χ2v) is 1.25. The van der Waals surface area contributed by atoms with Crippen molar-refractivity contribution < 1.29 is 146 Å². The van der Waals surface area contributed by atoms with Crippen LogP contribution >= 0.6 is 12.4 Å². The molecule has 0 aliphatic rings. The van der Waals surface area contributed by atoms with E-state index in [4.69, 9.17) is 75.0 Å². The van der Waals surface area contributed by atoms with Crippen molar-refractivity contribution in [3.05, 3.63) is 0 Å². The molecule has 18 heteroatoms. The number of hydrogen-bond donors (Lipinski definition) is 0. The normalized spacial score (nSPS) is 5.22. The Balaban J connectivity index is -0.0000000197. The van der Waals surface area contributed by atoms with Crippen LogP contribution in [0, 0.1) is 71.1 Å². The fourth-order valence-electron chi connectivity index (χ4n) is 0. The van der Waals surface area contributed by atoms with E-state index in [1.807, 2.05) is 0 Å². The molecule has 15 nitrogen and oxygen atoms in total. The summed E-state index contributed by atoms with van der Waals surface area (Å²) < 4.78 is 0. The molecule has 132 valence electrons. The Kier molecular flexibility index (Phi) is 92.2. The van der Waals surface area contributed by atoms with Gasteiger partial charge in [-0.25, -0.2) is 0 Å².